The van der Waals surface area contributed by atoms with E-state index in [9.17, 15) is 9.90 Å². The molecule has 0 bridgehead atoms. The van der Waals surface area contributed by atoms with Crippen molar-refractivity contribution in [2.24, 2.45) is 0 Å². The fraction of sp³-hybridized carbons (Fsp3) is 0.227. The van der Waals surface area contributed by atoms with Crippen molar-refractivity contribution < 1.29 is 9.90 Å². The molecular formula is C22H23ClN2O2. The first kappa shape index (κ1) is 19.1. The zero-order valence-electron chi connectivity index (χ0n) is 15.1. The number of nitrogens with one attached hydrogen (secondary N) is 1. The number of phenols is 1. The number of aryl methyl sites for hydroxylation is 1. The van der Waals surface area contributed by atoms with Crippen molar-refractivity contribution in [1.82, 2.24) is 10.2 Å². The van der Waals surface area contributed by atoms with Gasteiger partial charge in [-0.15, -0.1) is 0 Å². The molecule has 0 aliphatic carbocycles. The lowest BCUT2D eigenvalue weighted by Crippen LogP contribution is -2.28. The number of halogens is 1. The maximum absolute atomic E-state index is 12.2. The Labute approximate surface area is 164 Å². The van der Waals surface area contributed by atoms with Crippen molar-refractivity contribution in [2.45, 2.75) is 19.3 Å². The average molecular weight is 383 g/mol. The molecule has 1 aliphatic heterocycles. The Morgan fingerprint density at radius 1 is 1.19 bits per heavy atom. The minimum atomic E-state index is -0.180. The van der Waals surface area contributed by atoms with Crippen LogP contribution in [0, 0.1) is 0 Å². The standard InChI is InChI=1S/C22H23ClN2O2/c23-19-8-9-21(26)18(15-19)16-22(27)24-20-10-13-25(14-11-20)12-4-7-17-5-2-1-3-6-17/h1-3,5-6,8-11,13,15,26H,4,7,12,14,16H2,(H,24,27). The highest BCUT2D eigenvalue weighted by Crippen LogP contribution is 2.22. The molecule has 0 saturated carbocycles. The van der Waals surface area contributed by atoms with E-state index in [2.05, 4.69) is 34.5 Å². The van der Waals surface area contributed by atoms with Crippen LogP contribution in [0.3, 0.4) is 0 Å². The van der Waals surface area contributed by atoms with E-state index in [1.54, 1.807) is 12.1 Å². The van der Waals surface area contributed by atoms with Gasteiger partial charge in [-0.05, 0) is 48.8 Å². The third-order valence-corrected chi connectivity index (χ3v) is 4.68. The minimum absolute atomic E-state index is 0.0762. The molecule has 2 aromatic carbocycles. The molecule has 4 nitrogen and oxygen atoms in total. The molecule has 140 valence electrons. The fourth-order valence-electron chi connectivity index (χ4n) is 2.99. The highest BCUT2D eigenvalue weighted by Gasteiger charge is 2.11. The molecule has 2 N–H and O–H groups in total. The van der Waals surface area contributed by atoms with Gasteiger partial charge in [0.05, 0.1) is 6.42 Å². The summed E-state index contributed by atoms with van der Waals surface area (Å²) in [5, 5.41) is 13.2. The summed E-state index contributed by atoms with van der Waals surface area (Å²) in [7, 11) is 0. The predicted molar refractivity (Wildman–Crippen MR) is 109 cm³/mol. The Morgan fingerprint density at radius 3 is 2.74 bits per heavy atom. The average Bonchev–Trinajstić information content (AvgIpc) is 2.67. The van der Waals surface area contributed by atoms with Gasteiger partial charge in [-0.1, -0.05) is 41.9 Å². The summed E-state index contributed by atoms with van der Waals surface area (Å²) in [5.74, 6) is -0.103. The van der Waals surface area contributed by atoms with Gasteiger partial charge in [0.2, 0.25) is 5.91 Å². The molecule has 0 spiro atoms. The van der Waals surface area contributed by atoms with Crippen LogP contribution in [-0.4, -0.2) is 29.0 Å². The number of amides is 1. The Kier molecular flexibility index (Phi) is 6.55. The number of rotatable bonds is 7. The molecule has 1 aliphatic rings. The molecule has 0 aromatic heterocycles. The lowest BCUT2D eigenvalue weighted by molar-refractivity contribution is -0.119. The van der Waals surface area contributed by atoms with Gasteiger partial charge in [-0.2, -0.15) is 0 Å². The second kappa shape index (κ2) is 9.28. The van der Waals surface area contributed by atoms with Gasteiger partial charge in [-0.25, -0.2) is 0 Å². The number of aromatic hydroxyl groups is 1. The van der Waals surface area contributed by atoms with Crippen molar-refractivity contribution in [2.75, 3.05) is 13.1 Å². The van der Waals surface area contributed by atoms with E-state index >= 15 is 0 Å². The van der Waals surface area contributed by atoms with Crippen LogP contribution in [0.2, 0.25) is 5.02 Å². The molecule has 3 rings (SSSR count). The van der Waals surface area contributed by atoms with E-state index in [0.29, 0.717) is 10.6 Å². The molecule has 0 saturated heterocycles. The van der Waals surface area contributed by atoms with Crippen molar-refractivity contribution in [3.05, 3.63) is 88.7 Å². The van der Waals surface area contributed by atoms with Crippen LogP contribution in [0.25, 0.3) is 0 Å². The summed E-state index contributed by atoms with van der Waals surface area (Å²) in [6, 6.07) is 15.2. The zero-order valence-corrected chi connectivity index (χ0v) is 15.8. The number of phenolic OH excluding ortho intramolecular Hbond substituents is 1. The van der Waals surface area contributed by atoms with Crippen molar-refractivity contribution in [3.63, 3.8) is 0 Å². The predicted octanol–water partition coefficient (Wildman–Crippen LogP) is 4.05. The first-order chi connectivity index (χ1) is 13.1. The SMILES string of the molecule is O=C(Cc1cc(Cl)ccc1O)NC1=CCN(CCCc2ccccc2)C=C1. The van der Waals surface area contributed by atoms with Crippen molar-refractivity contribution >= 4 is 17.5 Å². The first-order valence-corrected chi connectivity index (χ1v) is 9.41. The van der Waals surface area contributed by atoms with Gasteiger partial charge < -0.3 is 15.3 Å². The van der Waals surface area contributed by atoms with E-state index in [0.717, 1.165) is 31.6 Å². The van der Waals surface area contributed by atoms with Crippen molar-refractivity contribution in [3.8, 4) is 5.75 Å². The summed E-state index contributed by atoms with van der Waals surface area (Å²) in [6.07, 6.45) is 8.13. The van der Waals surface area contributed by atoms with E-state index in [4.69, 9.17) is 11.6 Å². The van der Waals surface area contributed by atoms with Crippen LogP contribution < -0.4 is 5.32 Å². The molecule has 27 heavy (non-hydrogen) atoms. The molecule has 0 atom stereocenters. The van der Waals surface area contributed by atoms with Gasteiger partial charge >= 0.3 is 0 Å². The molecule has 1 amide bonds. The van der Waals surface area contributed by atoms with Crippen LogP contribution in [0.15, 0.2) is 72.6 Å². The first-order valence-electron chi connectivity index (χ1n) is 9.04. The summed E-state index contributed by atoms with van der Waals surface area (Å²) >= 11 is 5.92. The van der Waals surface area contributed by atoms with E-state index in [1.807, 2.05) is 24.4 Å². The number of carbonyl (C=O) groups is 1. The van der Waals surface area contributed by atoms with Crippen LogP contribution in [0.4, 0.5) is 0 Å². The Hall–Kier alpha value is -2.72. The van der Waals surface area contributed by atoms with Gasteiger partial charge in [0.15, 0.2) is 0 Å². The van der Waals surface area contributed by atoms with E-state index in [1.165, 1.54) is 11.6 Å². The molecule has 5 heteroatoms. The summed E-state index contributed by atoms with van der Waals surface area (Å²) < 4.78 is 0. The molecule has 0 radical (unpaired) electrons. The molecule has 2 aromatic rings. The third kappa shape index (κ3) is 5.90. The second-order valence-electron chi connectivity index (χ2n) is 6.56. The smallest absolute Gasteiger partial charge is 0.228 e. The monoisotopic (exact) mass is 382 g/mol. The summed E-state index contributed by atoms with van der Waals surface area (Å²) in [6.45, 7) is 1.74. The Morgan fingerprint density at radius 2 is 2.00 bits per heavy atom. The van der Waals surface area contributed by atoms with E-state index in [-0.39, 0.29) is 18.1 Å². The molecule has 0 fully saturated rings. The van der Waals surface area contributed by atoms with Crippen LogP contribution in [0.1, 0.15) is 17.5 Å². The number of allylic oxidation sites excluding steroid dienone is 1. The fourth-order valence-corrected chi connectivity index (χ4v) is 3.19. The van der Waals surface area contributed by atoms with Crippen LogP contribution in [0.5, 0.6) is 5.75 Å². The molecule has 1 heterocycles. The molecule has 0 unspecified atom stereocenters. The highest BCUT2D eigenvalue weighted by atomic mass is 35.5. The van der Waals surface area contributed by atoms with Gasteiger partial charge in [-0.3, -0.25) is 4.79 Å². The lowest BCUT2D eigenvalue weighted by atomic mass is 10.1. The number of nitrogens with zero attached hydrogens (tertiary/aromatic N) is 1. The van der Waals surface area contributed by atoms with Gasteiger partial charge in [0.25, 0.3) is 0 Å². The van der Waals surface area contributed by atoms with Crippen LogP contribution in [-0.2, 0) is 17.6 Å². The van der Waals surface area contributed by atoms with Gasteiger partial charge in [0, 0.05) is 35.6 Å². The maximum atomic E-state index is 12.2. The number of benzene rings is 2. The highest BCUT2D eigenvalue weighted by molar-refractivity contribution is 6.30. The van der Waals surface area contributed by atoms with Gasteiger partial charge in [0.1, 0.15) is 5.75 Å². The van der Waals surface area contributed by atoms with Crippen molar-refractivity contribution in [1.29, 1.82) is 0 Å². The maximum Gasteiger partial charge on any atom is 0.228 e. The normalized spacial score (nSPS) is 13.4. The summed E-state index contributed by atoms with van der Waals surface area (Å²) in [5.41, 5.74) is 2.65. The second-order valence-corrected chi connectivity index (χ2v) is 6.99. The Bertz CT molecular complexity index is 847. The lowest BCUT2D eigenvalue weighted by Gasteiger charge is -2.23. The van der Waals surface area contributed by atoms with Crippen LogP contribution >= 0.6 is 11.6 Å². The summed E-state index contributed by atoms with van der Waals surface area (Å²) in [4.78, 5) is 14.4. The number of hydrogen-bond acceptors (Lipinski definition) is 3. The zero-order chi connectivity index (χ0) is 19.1. The number of hydrogen-bond donors (Lipinski definition) is 2. The van der Waals surface area contributed by atoms with E-state index < -0.39 is 0 Å². The Balaban J connectivity index is 1.43. The quantitative estimate of drug-likeness (QED) is 0.759. The number of carbonyl (C=O) groups excluding carboxylic acids is 1. The molecular weight excluding hydrogens is 360 g/mol. The minimum Gasteiger partial charge on any atom is -0.508 e. The third-order valence-electron chi connectivity index (χ3n) is 4.44. The topological polar surface area (TPSA) is 52.6 Å². The largest absolute Gasteiger partial charge is 0.508 e.